The van der Waals surface area contributed by atoms with Crippen LogP contribution in [0.25, 0.3) is 0 Å². The molecule has 4 heteroatoms. The van der Waals surface area contributed by atoms with Crippen molar-refractivity contribution < 1.29 is 19.8 Å². The molecule has 0 aliphatic carbocycles. The normalized spacial score (nSPS) is 9.56. The lowest BCUT2D eigenvalue weighted by Gasteiger charge is -1.99. The first-order valence-electron chi connectivity index (χ1n) is 2.34. The third-order valence-electron chi connectivity index (χ3n) is 0.865. The van der Waals surface area contributed by atoms with Crippen LogP contribution in [0.1, 0.15) is 6.92 Å². The van der Waals surface area contributed by atoms with Crippen LogP contribution in [0.3, 0.4) is 0 Å². The first-order chi connectivity index (χ1) is 4.09. The summed E-state index contributed by atoms with van der Waals surface area (Å²) in [5.74, 6) is -4.03. The molecular weight excluding hydrogens is 124 g/mol. The van der Waals surface area contributed by atoms with Gasteiger partial charge < -0.3 is 10.2 Å². The average molecular weight is 131 g/mol. The van der Waals surface area contributed by atoms with Crippen LogP contribution in [0.5, 0.6) is 0 Å². The van der Waals surface area contributed by atoms with Gasteiger partial charge in [0.1, 0.15) is 0 Å². The fourth-order valence-electron chi connectivity index (χ4n) is 0.391. The Hall–Kier alpha value is -1.06. The molecular formula is C5H7O4. The lowest BCUT2D eigenvalue weighted by atomic mass is 10.1. The van der Waals surface area contributed by atoms with Crippen molar-refractivity contribution in [2.24, 2.45) is 5.92 Å². The number of hydrogen-bond acceptors (Lipinski definition) is 2. The summed E-state index contributed by atoms with van der Waals surface area (Å²) >= 11 is 0. The molecule has 0 amide bonds. The topological polar surface area (TPSA) is 74.6 Å². The van der Waals surface area contributed by atoms with Gasteiger partial charge in [0, 0.05) is 0 Å². The van der Waals surface area contributed by atoms with Crippen LogP contribution in [0.2, 0.25) is 0 Å². The van der Waals surface area contributed by atoms with E-state index in [1.54, 1.807) is 0 Å². The van der Waals surface area contributed by atoms with E-state index in [-0.39, 0.29) is 0 Å². The van der Waals surface area contributed by atoms with Crippen LogP contribution in [0.15, 0.2) is 0 Å². The zero-order chi connectivity index (χ0) is 7.44. The molecule has 0 atom stereocenters. The summed E-state index contributed by atoms with van der Waals surface area (Å²) in [5.41, 5.74) is 0. The maximum Gasteiger partial charge on any atom is 0.318 e. The molecule has 0 aliphatic heterocycles. The smallest absolute Gasteiger partial charge is 0.318 e. The first-order valence-corrected chi connectivity index (χ1v) is 2.34. The molecule has 0 unspecified atom stereocenters. The molecule has 2 N–H and O–H groups in total. The quantitative estimate of drug-likeness (QED) is 0.528. The van der Waals surface area contributed by atoms with Gasteiger partial charge in [-0.25, -0.2) is 0 Å². The summed E-state index contributed by atoms with van der Waals surface area (Å²) in [6.45, 7) is 1.40. The van der Waals surface area contributed by atoms with Crippen LogP contribution >= 0.6 is 0 Å². The van der Waals surface area contributed by atoms with Crippen molar-refractivity contribution in [2.75, 3.05) is 0 Å². The molecule has 0 saturated heterocycles. The second-order valence-electron chi connectivity index (χ2n) is 1.49. The van der Waals surface area contributed by atoms with Crippen LogP contribution in [-0.4, -0.2) is 22.2 Å². The Morgan fingerprint density at radius 1 is 1.33 bits per heavy atom. The molecule has 4 nitrogen and oxygen atoms in total. The first kappa shape index (κ1) is 7.94. The van der Waals surface area contributed by atoms with E-state index >= 15 is 0 Å². The Bertz CT molecular complexity index is 115. The summed E-state index contributed by atoms with van der Waals surface area (Å²) in [6.07, 6.45) is 1.12. The van der Waals surface area contributed by atoms with E-state index in [4.69, 9.17) is 10.2 Å². The van der Waals surface area contributed by atoms with Crippen molar-refractivity contribution in [3.8, 4) is 0 Å². The van der Waals surface area contributed by atoms with E-state index in [1.165, 1.54) is 6.92 Å². The zero-order valence-corrected chi connectivity index (χ0v) is 4.87. The second-order valence-corrected chi connectivity index (χ2v) is 1.49. The minimum Gasteiger partial charge on any atom is -0.481 e. The lowest BCUT2D eigenvalue weighted by molar-refractivity contribution is -0.152. The molecule has 0 saturated carbocycles. The van der Waals surface area contributed by atoms with Crippen molar-refractivity contribution in [1.82, 2.24) is 0 Å². The van der Waals surface area contributed by atoms with Crippen LogP contribution in [-0.2, 0) is 9.59 Å². The maximum atomic E-state index is 9.96. The van der Waals surface area contributed by atoms with Crippen molar-refractivity contribution in [1.29, 1.82) is 0 Å². The number of rotatable bonds is 3. The highest BCUT2D eigenvalue weighted by molar-refractivity contribution is 5.94. The summed E-state index contributed by atoms with van der Waals surface area (Å²) in [6, 6.07) is 0. The van der Waals surface area contributed by atoms with Gasteiger partial charge in [0.2, 0.25) is 0 Å². The predicted octanol–water partition coefficient (Wildman–Crippen LogP) is -0.00401. The molecule has 0 rings (SSSR count). The van der Waals surface area contributed by atoms with Gasteiger partial charge in [-0.05, 0) is 6.42 Å². The molecule has 0 bridgehead atoms. The molecule has 0 aromatic carbocycles. The number of aliphatic carboxylic acids is 2. The highest BCUT2D eigenvalue weighted by Gasteiger charge is 2.22. The van der Waals surface area contributed by atoms with Gasteiger partial charge in [-0.3, -0.25) is 9.59 Å². The minimum absolute atomic E-state index is 1.12. The van der Waals surface area contributed by atoms with Gasteiger partial charge in [-0.1, -0.05) is 6.92 Å². The molecule has 9 heavy (non-hydrogen) atoms. The molecule has 0 fully saturated rings. The molecule has 0 spiro atoms. The monoisotopic (exact) mass is 131 g/mol. The SMILES string of the molecule is C[CH]C(C(=O)O)C(=O)O. The Morgan fingerprint density at radius 3 is 1.67 bits per heavy atom. The molecule has 0 heterocycles. The van der Waals surface area contributed by atoms with E-state index in [0.717, 1.165) is 6.42 Å². The van der Waals surface area contributed by atoms with E-state index < -0.39 is 17.9 Å². The Morgan fingerprint density at radius 2 is 1.67 bits per heavy atom. The van der Waals surface area contributed by atoms with Crippen molar-refractivity contribution in [3.63, 3.8) is 0 Å². The molecule has 51 valence electrons. The summed E-state index contributed by atoms with van der Waals surface area (Å²) in [5, 5.41) is 16.3. The average Bonchev–Trinajstić information content (AvgIpc) is 1.64. The van der Waals surface area contributed by atoms with Gasteiger partial charge >= 0.3 is 11.9 Å². The Balaban J connectivity index is 3.99. The zero-order valence-electron chi connectivity index (χ0n) is 4.87. The van der Waals surface area contributed by atoms with Crippen LogP contribution in [0.4, 0.5) is 0 Å². The van der Waals surface area contributed by atoms with Gasteiger partial charge in [-0.15, -0.1) is 0 Å². The van der Waals surface area contributed by atoms with E-state index in [0.29, 0.717) is 0 Å². The second kappa shape index (κ2) is 3.06. The minimum atomic E-state index is -1.37. The number of carbonyl (C=O) groups is 2. The van der Waals surface area contributed by atoms with Crippen LogP contribution in [0, 0.1) is 12.3 Å². The van der Waals surface area contributed by atoms with Gasteiger partial charge in [0.05, 0.1) is 0 Å². The van der Waals surface area contributed by atoms with Gasteiger partial charge in [-0.2, -0.15) is 0 Å². The van der Waals surface area contributed by atoms with Gasteiger partial charge in [0.15, 0.2) is 5.92 Å². The van der Waals surface area contributed by atoms with E-state index in [1.807, 2.05) is 0 Å². The largest absolute Gasteiger partial charge is 0.481 e. The lowest BCUT2D eigenvalue weighted by Crippen LogP contribution is -2.22. The highest BCUT2D eigenvalue weighted by atomic mass is 16.4. The van der Waals surface area contributed by atoms with Crippen molar-refractivity contribution >= 4 is 11.9 Å². The Labute approximate surface area is 52.1 Å². The van der Waals surface area contributed by atoms with E-state index in [9.17, 15) is 9.59 Å². The fraction of sp³-hybridized carbons (Fsp3) is 0.400. The third-order valence-corrected chi connectivity index (χ3v) is 0.865. The number of carboxylic acids is 2. The third kappa shape index (κ3) is 2.12. The molecule has 0 aromatic heterocycles. The summed E-state index contributed by atoms with van der Waals surface area (Å²) < 4.78 is 0. The van der Waals surface area contributed by atoms with Crippen molar-refractivity contribution in [2.45, 2.75) is 6.92 Å². The fourth-order valence-corrected chi connectivity index (χ4v) is 0.391. The highest BCUT2D eigenvalue weighted by Crippen LogP contribution is 1.99. The maximum absolute atomic E-state index is 9.96. The summed E-state index contributed by atoms with van der Waals surface area (Å²) in [7, 11) is 0. The van der Waals surface area contributed by atoms with Crippen molar-refractivity contribution in [3.05, 3.63) is 6.42 Å². The molecule has 0 aromatic rings. The number of hydrogen-bond donors (Lipinski definition) is 2. The Kier molecular flexibility index (Phi) is 2.70. The molecule has 1 radical (unpaired) electrons. The predicted molar refractivity (Wildman–Crippen MR) is 28.7 cm³/mol. The van der Waals surface area contributed by atoms with E-state index in [2.05, 4.69) is 0 Å². The van der Waals surface area contributed by atoms with Crippen LogP contribution < -0.4 is 0 Å². The number of carboxylic acid groups (broad SMARTS) is 2. The molecule has 0 aliphatic rings. The standard InChI is InChI=1S/C5H7O4/c1-2-3(4(6)7)5(8)9/h2-3H,1H3,(H,6,7)(H,8,9). The van der Waals surface area contributed by atoms with Gasteiger partial charge in [0.25, 0.3) is 0 Å². The summed E-state index contributed by atoms with van der Waals surface area (Å²) in [4.78, 5) is 19.9.